The fourth-order valence-corrected chi connectivity index (χ4v) is 4.55. The maximum absolute atomic E-state index is 12.4. The van der Waals surface area contributed by atoms with Gasteiger partial charge in [0.2, 0.25) is 10.0 Å². The van der Waals surface area contributed by atoms with E-state index >= 15 is 0 Å². The molecule has 1 aromatic carbocycles. The molecule has 0 amide bonds. The quantitative estimate of drug-likeness (QED) is 0.831. The average molecular weight is 324 g/mol. The van der Waals surface area contributed by atoms with Gasteiger partial charge < -0.3 is 5.73 Å². The molecule has 0 spiro atoms. The zero-order valence-electron chi connectivity index (χ0n) is 12.4. The maximum atomic E-state index is 12.4. The monoisotopic (exact) mass is 324 g/mol. The smallest absolute Gasteiger partial charge is 0.242 e. The summed E-state index contributed by atoms with van der Waals surface area (Å²) >= 11 is 1.68. The molecule has 0 aliphatic rings. The number of hydrogen-bond donors (Lipinski definition) is 2. The van der Waals surface area contributed by atoms with Crippen LogP contribution in [-0.2, 0) is 16.4 Å². The lowest BCUT2D eigenvalue weighted by molar-refractivity contribution is 0.561. The fourth-order valence-electron chi connectivity index (χ4n) is 2.18. The predicted molar refractivity (Wildman–Crippen MR) is 88.1 cm³/mol. The first-order valence-electron chi connectivity index (χ1n) is 6.72. The molecule has 21 heavy (non-hydrogen) atoms. The van der Waals surface area contributed by atoms with Gasteiger partial charge in [-0.3, -0.25) is 0 Å². The van der Waals surface area contributed by atoms with Crippen molar-refractivity contribution < 1.29 is 8.42 Å². The summed E-state index contributed by atoms with van der Waals surface area (Å²) in [5, 5.41) is 0. The molecular weight excluding hydrogens is 304 g/mol. The van der Waals surface area contributed by atoms with Crippen LogP contribution in [0.15, 0.2) is 35.2 Å². The molecule has 1 unspecified atom stereocenters. The third-order valence-corrected chi connectivity index (χ3v) is 5.80. The summed E-state index contributed by atoms with van der Waals surface area (Å²) in [6.45, 7) is 5.77. The highest BCUT2D eigenvalue weighted by atomic mass is 32.2. The van der Waals surface area contributed by atoms with E-state index in [4.69, 9.17) is 5.73 Å². The van der Waals surface area contributed by atoms with Crippen molar-refractivity contribution in [3.05, 3.63) is 45.6 Å². The molecule has 0 bridgehead atoms. The van der Waals surface area contributed by atoms with Gasteiger partial charge in [0.1, 0.15) is 4.90 Å². The minimum absolute atomic E-state index is 0.141. The van der Waals surface area contributed by atoms with Crippen LogP contribution in [0.4, 0.5) is 5.69 Å². The van der Waals surface area contributed by atoms with E-state index in [0.717, 1.165) is 5.56 Å². The Kier molecular flexibility index (Phi) is 4.70. The number of nitrogen functional groups attached to an aromatic ring is 1. The molecule has 0 aliphatic carbocycles. The van der Waals surface area contributed by atoms with Crippen molar-refractivity contribution >= 4 is 27.0 Å². The van der Waals surface area contributed by atoms with Crippen molar-refractivity contribution in [2.75, 3.05) is 5.73 Å². The highest BCUT2D eigenvalue weighted by Crippen LogP contribution is 2.21. The van der Waals surface area contributed by atoms with Crippen molar-refractivity contribution in [1.82, 2.24) is 4.72 Å². The van der Waals surface area contributed by atoms with Gasteiger partial charge in [-0.15, -0.1) is 11.3 Å². The second-order valence-electron chi connectivity index (χ2n) is 5.28. The van der Waals surface area contributed by atoms with Gasteiger partial charge in [0.15, 0.2) is 0 Å². The first kappa shape index (κ1) is 16.0. The summed E-state index contributed by atoms with van der Waals surface area (Å²) in [6.07, 6.45) is 0.670. The Morgan fingerprint density at radius 1 is 1.24 bits per heavy atom. The first-order valence-corrected chi connectivity index (χ1v) is 9.01. The number of anilines is 1. The molecule has 3 N–H and O–H groups in total. The van der Waals surface area contributed by atoms with Gasteiger partial charge >= 0.3 is 0 Å². The summed E-state index contributed by atoms with van der Waals surface area (Å²) in [7, 11) is -3.59. The zero-order valence-corrected chi connectivity index (χ0v) is 14.0. The molecule has 0 fully saturated rings. The summed E-state index contributed by atoms with van der Waals surface area (Å²) in [5.74, 6) is 0. The van der Waals surface area contributed by atoms with E-state index in [0.29, 0.717) is 6.42 Å². The molecule has 4 nitrogen and oxygen atoms in total. The molecule has 0 saturated carbocycles. The fraction of sp³-hybridized carbons (Fsp3) is 0.333. The van der Waals surface area contributed by atoms with E-state index in [1.54, 1.807) is 29.5 Å². The number of sulfonamides is 1. The second-order valence-corrected chi connectivity index (χ2v) is 8.33. The van der Waals surface area contributed by atoms with Crippen molar-refractivity contribution in [1.29, 1.82) is 0 Å². The van der Waals surface area contributed by atoms with Crippen molar-refractivity contribution in [3.63, 3.8) is 0 Å². The van der Waals surface area contributed by atoms with Gasteiger partial charge in [-0.05, 0) is 57.0 Å². The lowest BCUT2D eigenvalue weighted by Crippen LogP contribution is -2.34. The van der Waals surface area contributed by atoms with Crippen LogP contribution in [0.1, 0.15) is 22.2 Å². The number of benzene rings is 1. The Hall–Kier alpha value is -1.37. The van der Waals surface area contributed by atoms with Crippen LogP contribution < -0.4 is 10.5 Å². The number of nitrogens with two attached hydrogens (primary N) is 1. The standard InChI is InChI=1S/C15H20N2O2S2/c1-10-4-7-15(14(16)8-10)21(18,19)17-11(2)9-13-6-5-12(3)20-13/h4-8,11,17H,9,16H2,1-3H3. The summed E-state index contributed by atoms with van der Waals surface area (Å²) in [6, 6.07) is 8.85. The van der Waals surface area contributed by atoms with E-state index in [1.807, 2.05) is 32.9 Å². The van der Waals surface area contributed by atoms with Gasteiger partial charge in [0, 0.05) is 15.8 Å². The largest absolute Gasteiger partial charge is 0.398 e. The normalized spacial score (nSPS) is 13.3. The third-order valence-electron chi connectivity index (χ3n) is 3.11. The SMILES string of the molecule is Cc1ccc(S(=O)(=O)NC(C)Cc2ccc(C)s2)c(N)c1. The highest BCUT2D eigenvalue weighted by molar-refractivity contribution is 7.89. The van der Waals surface area contributed by atoms with Crippen molar-refractivity contribution in [3.8, 4) is 0 Å². The van der Waals surface area contributed by atoms with E-state index < -0.39 is 10.0 Å². The lowest BCUT2D eigenvalue weighted by atomic mass is 10.2. The van der Waals surface area contributed by atoms with E-state index in [9.17, 15) is 8.42 Å². The second kappa shape index (κ2) is 6.17. The van der Waals surface area contributed by atoms with Crippen LogP contribution in [0.25, 0.3) is 0 Å². The first-order chi connectivity index (χ1) is 9.78. The average Bonchev–Trinajstić information content (AvgIpc) is 2.72. The molecule has 1 aromatic heterocycles. The predicted octanol–water partition coefficient (Wildman–Crippen LogP) is 2.86. The molecule has 1 atom stereocenters. The van der Waals surface area contributed by atoms with Crippen LogP contribution in [0.5, 0.6) is 0 Å². The molecule has 0 saturated heterocycles. The van der Waals surface area contributed by atoms with Crippen molar-refractivity contribution in [2.24, 2.45) is 0 Å². The topological polar surface area (TPSA) is 72.2 Å². The van der Waals surface area contributed by atoms with E-state index in [-0.39, 0.29) is 16.6 Å². The molecule has 2 rings (SSSR count). The lowest BCUT2D eigenvalue weighted by Gasteiger charge is -2.15. The van der Waals surface area contributed by atoms with Crippen LogP contribution in [0.2, 0.25) is 0 Å². The Balaban J connectivity index is 2.13. The Labute approximate surface area is 130 Å². The van der Waals surface area contributed by atoms with E-state index in [1.165, 1.54) is 9.75 Å². The summed E-state index contributed by atoms with van der Waals surface area (Å²) < 4.78 is 27.5. The molecule has 0 radical (unpaired) electrons. The van der Waals surface area contributed by atoms with Crippen LogP contribution in [0, 0.1) is 13.8 Å². The minimum atomic E-state index is -3.59. The molecule has 6 heteroatoms. The summed E-state index contributed by atoms with van der Waals surface area (Å²) in [4.78, 5) is 2.53. The van der Waals surface area contributed by atoms with Gasteiger partial charge in [-0.2, -0.15) is 0 Å². The van der Waals surface area contributed by atoms with Crippen molar-refractivity contribution in [2.45, 2.75) is 38.1 Å². The van der Waals surface area contributed by atoms with Gasteiger partial charge in [0.25, 0.3) is 0 Å². The maximum Gasteiger partial charge on any atom is 0.242 e. The highest BCUT2D eigenvalue weighted by Gasteiger charge is 2.20. The molecule has 114 valence electrons. The molecule has 2 aromatic rings. The number of nitrogens with one attached hydrogen (secondary N) is 1. The van der Waals surface area contributed by atoms with Crippen LogP contribution in [0.3, 0.4) is 0 Å². The van der Waals surface area contributed by atoms with Crippen LogP contribution >= 0.6 is 11.3 Å². The summed E-state index contributed by atoms with van der Waals surface area (Å²) in [5.41, 5.74) is 7.04. The Morgan fingerprint density at radius 3 is 2.52 bits per heavy atom. The van der Waals surface area contributed by atoms with Gasteiger partial charge in [0.05, 0.1) is 5.69 Å². The van der Waals surface area contributed by atoms with Gasteiger partial charge in [-0.25, -0.2) is 13.1 Å². The zero-order chi connectivity index (χ0) is 15.6. The third kappa shape index (κ3) is 4.06. The number of rotatable bonds is 5. The molecular formula is C15H20N2O2S2. The van der Waals surface area contributed by atoms with E-state index in [2.05, 4.69) is 4.72 Å². The molecule has 0 aliphatic heterocycles. The Bertz CT molecular complexity index is 736. The van der Waals surface area contributed by atoms with Gasteiger partial charge in [-0.1, -0.05) is 6.07 Å². The van der Waals surface area contributed by atoms with Crippen LogP contribution in [-0.4, -0.2) is 14.5 Å². The minimum Gasteiger partial charge on any atom is -0.398 e. The Morgan fingerprint density at radius 2 is 1.95 bits per heavy atom. The number of hydrogen-bond acceptors (Lipinski definition) is 4. The number of thiophene rings is 1. The molecule has 1 heterocycles. The number of aryl methyl sites for hydroxylation is 2.